The third kappa shape index (κ3) is 5.55. The SMILES string of the molecule is CCCCN1C(=O)C(C)C(C(C)(C)CC2C(=O)N(CCCN(C)C)C(=O)C2C(C)(C)CC)C1=O. The van der Waals surface area contributed by atoms with Crippen LogP contribution < -0.4 is 0 Å². The summed E-state index contributed by atoms with van der Waals surface area (Å²) in [4.78, 5) is 58.3. The molecule has 0 N–H and O–H groups in total. The summed E-state index contributed by atoms with van der Waals surface area (Å²) in [5.74, 6) is -2.21. The fourth-order valence-corrected chi connectivity index (χ4v) is 5.98. The summed E-state index contributed by atoms with van der Waals surface area (Å²) in [6.45, 7) is 15.7. The number of likely N-dealkylation sites (tertiary alicyclic amines) is 2. The maximum atomic E-state index is 13.6. The lowest BCUT2D eigenvalue weighted by Gasteiger charge is -2.38. The molecule has 0 aromatic rings. The number of unbranched alkanes of at least 4 members (excludes halogenated alkanes) is 1. The van der Waals surface area contributed by atoms with E-state index in [4.69, 9.17) is 0 Å². The largest absolute Gasteiger partial charge is 0.309 e. The van der Waals surface area contributed by atoms with Gasteiger partial charge in [0.05, 0.1) is 17.8 Å². The molecule has 0 aliphatic carbocycles. The molecule has 2 heterocycles. The van der Waals surface area contributed by atoms with Crippen LogP contribution in [0.25, 0.3) is 0 Å². The second kappa shape index (κ2) is 10.9. The second-order valence-electron chi connectivity index (χ2n) is 12.1. The summed E-state index contributed by atoms with van der Waals surface area (Å²) in [7, 11) is 3.96. The summed E-state index contributed by atoms with van der Waals surface area (Å²) >= 11 is 0. The molecule has 34 heavy (non-hydrogen) atoms. The summed E-state index contributed by atoms with van der Waals surface area (Å²) in [6, 6.07) is 0. The zero-order valence-corrected chi connectivity index (χ0v) is 22.9. The predicted molar refractivity (Wildman–Crippen MR) is 134 cm³/mol. The predicted octanol–water partition coefficient (Wildman–Crippen LogP) is 3.81. The molecule has 2 fully saturated rings. The summed E-state index contributed by atoms with van der Waals surface area (Å²) in [5.41, 5.74) is -0.923. The van der Waals surface area contributed by atoms with E-state index in [-0.39, 0.29) is 29.0 Å². The van der Waals surface area contributed by atoms with Gasteiger partial charge in [-0.1, -0.05) is 61.3 Å². The van der Waals surface area contributed by atoms with Crippen LogP contribution in [0.4, 0.5) is 0 Å². The number of amides is 4. The Labute approximate surface area is 206 Å². The molecular formula is C27H47N3O4. The van der Waals surface area contributed by atoms with E-state index in [9.17, 15) is 19.2 Å². The van der Waals surface area contributed by atoms with Crippen molar-refractivity contribution in [1.82, 2.24) is 14.7 Å². The lowest BCUT2D eigenvalue weighted by atomic mass is 9.63. The smallest absolute Gasteiger partial charge is 0.233 e. The van der Waals surface area contributed by atoms with Crippen LogP contribution in [0, 0.1) is 34.5 Å². The molecule has 2 rings (SSSR count). The van der Waals surface area contributed by atoms with Crippen LogP contribution in [0.2, 0.25) is 0 Å². The molecule has 0 bridgehead atoms. The van der Waals surface area contributed by atoms with Gasteiger partial charge in [0.1, 0.15) is 0 Å². The Morgan fingerprint density at radius 1 is 0.765 bits per heavy atom. The molecular weight excluding hydrogens is 430 g/mol. The van der Waals surface area contributed by atoms with Crippen molar-refractivity contribution < 1.29 is 19.2 Å². The van der Waals surface area contributed by atoms with Crippen molar-refractivity contribution in [3.8, 4) is 0 Å². The van der Waals surface area contributed by atoms with E-state index >= 15 is 0 Å². The van der Waals surface area contributed by atoms with Gasteiger partial charge in [0, 0.05) is 19.0 Å². The topological polar surface area (TPSA) is 78.0 Å². The monoisotopic (exact) mass is 477 g/mol. The fraction of sp³-hybridized carbons (Fsp3) is 0.852. The first-order valence-corrected chi connectivity index (χ1v) is 13.1. The van der Waals surface area contributed by atoms with Gasteiger partial charge in [0.15, 0.2) is 0 Å². The van der Waals surface area contributed by atoms with E-state index < -0.39 is 29.1 Å². The zero-order valence-electron chi connectivity index (χ0n) is 22.9. The Hall–Kier alpha value is -1.76. The van der Waals surface area contributed by atoms with E-state index in [2.05, 4.69) is 20.8 Å². The van der Waals surface area contributed by atoms with Gasteiger partial charge < -0.3 is 4.90 Å². The van der Waals surface area contributed by atoms with Crippen LogP contribution in [-0.4, -0.2) is 72.1 Å². The molecule has 0 saturated carbocycles. The molecule has 0 aromatic carbocycles. The molecule has 4 atom stereocenters. The van der Waals surface area contributed by atoms with Gasteiger partial charge in [0.2, 0.25) is 23.6 Å². The van der Waals surface area contributed by atoms with Gasteiger partial charge >= 0.3 is 0 Å². The third-order valence-corrected chi connectivity index (χ3v) is 8.27. The maximum Gasteiger partial charge on any atom is 0.233 e. The molecule has 0 aromatic heterocycles. The number of carbonyl (C=O) groups is 4. The van der Waals surface area contributed by atoms with E-state index in [1.807, 2.05) is 46.7 Å². The first-order chi connectivity index (χ1) is 15.7. The van der Waals surface area contributed by atoms with Gasteiger partial charge in [-0.3, -0.25) is 29.0 Å². The fourth-order valence-electron chi connectivity index (χ4n) is 5.98. The van der Waals surface area contributed by atoms with Crippen molar-refractivity contribution in [1.29, 1.82) is 0 Å². The van der Waals surface area contributed by atoms with E-state index in [0.29, 0.717) is 19.5 Å². The molecule has 2 aliphatic rings. The molecule has 7 heteroatoms. The highest BCUT2D eigenvalue weighted by Crippen LogP contribution is 2.50. The summed E-state index contributed by atoms with van der Waals surface area (Å²) in [5, 5.41) is 0. The third-order valence-electron chi connectivity index (χ3n) is 8.27. The van der Waals surface area contributed by atoms with Crippen LogP contribution in [0.3, 0.4) is 0 Å². The Kier molecular flexibility index (Phi) is 9.11. The Balaban J connectivity index is 2.33. The van der Waals surface area contributed by atoms with Crippen molar-refractivity contribution in [3.05, 3.63) is 0 Å². The first-order valence-electron chi connectivity index (χ1n) is 13.1. The van der Waals surface area contributed by atoms with Crippen LogP contribution in [0.5, 0.6) is 0 Å². The highest BCUT2D eigenvalue weighted by Gasteiger charge is 2.57. The van der Waals surface area contributed by atoms with Crippen LogP contribution in [0.1, 0.15) is 80.6 Å². The van der Waals surface area contributed by atoms with Crippen LogP contribution >= 0.6 is 0 Å². The van der Waals surface area contributed by atoms with Gasteiger partial charge in [-0.25, -0.2) is 0 Å². The average molecular weight is 478 g/mol. The van der Waals surface area contributed by atoms with Crippen molar-refractivity contribution in [3.63, 3.8) is 0 Å². The van der Waals surface area contributed by atoms with Crippen molar-refractivity contribution >= 4 is 23.6 Å². The van der Waals surface area contributed by atoms with Crippen LogP contribution in [0.15, 0.2) is 0 Å². The average Bonchev–Trinajstić information content (AvgIpc) is 3.10. The van der Waals surface area contributed by atoms with Crippen molar-refractivity contribution in [2.24, 2.45) is 34.5 Å². The number of imide groups is 2. The molecule has 4 amide bonds. The minimum absolute atomic E-state index is 0.0807. The first kappa shape index (κ1) is 28.5. The van der Waals surface area contributed by atoms with E-state index in [1.165, 1.54) is 9.80 Å². The summed E-state index contributed by atoms with van der Waals surface area (Å²) in [6.07, 6.45) is 3.64. The van der Waals surface area contributed by atoms with Gasteiger partial charge in [0.25, 0.3) is 0 Å². The lowest BCUT2D eigenvalue weighted by molar-refractivity contribution is -0.143. The van der Waals surface area contributed by atoms with Gasteiger partial charge in [-0.05, 0) is 50.7 Å². The molecule has 0 spiro atoms. The Bertz CT molecular complexity index is 789. The number of hydrogen-bond acceptors (Lipinski definition) is 5. The van der Waals surface area contributed by atoms with Gasteiger partial charge in [-0.15, -0.1) is 0 Å². The van der Waals surface area contributed by atoms with Crippen molar-refractivity contribution in [2.45, 2.75) is 80.6 Å². The normalized spacial score (nSPS) is 26.5. The maximum absolute atomic E-state index is 13.6. The van der Waals surface area contributed by atoms with E-state index in [0.717, 1.165) is 32.2 Å². The highest BCUT2D eigenvalue weighted by molar-refractivity contribution is 6.06. The minimum atomic E-state index is -0.588. The highest BCUT2D eigenvalue weighted by atomic mass is 16.2. The molecule has 4 unspecified atom stereocenters. The van der Waals surface area contributed by atoms with Crippen LogP contribution in [-0.2, 0) is 19.2 Å². The van der Waals surface area contributed by atoms with E-state index in [1.54, 1.807) is 0 Å². The standard InChI is InChI=1S/C27H47N3O4/c1-10-12-15-29-22(31)18(3)20(24(29)33)27(6,7)17-19-21(26(4,5)11-2)25(34)30(23(19)32)16-13-14-28(8)9/h18-21H,10-17H2,1-9H3. The zero-order chi connectivity index (χ0) is 26.0. The molecule has 0 radical (unpaired) electrons. The second-order valence-corrected chi connectivity index (χ2v) is 12.1. The lowest BCUT2D eigenvalue weighted by Crippen LogP contribution is -2.40. The molecule has 2 aliphatic heterocycles. The quantitative estimate of drug-likeness (QED) is 0.400. The molecule has 2 saturated heterocycles. The molecule has 194 valence electrons. The van der Waals surface area contributed by atoms with Crippen molar-refractivity contribution in [2.75, 3.05) is 33.7 Å². The Morgan fingerprint density at radius 2 is 1.29 bits per heavy atom. The molecule has 7 nitrogen and oxygen atoms in total. The van der Waals surface area contributed by atoms with Gasteiger partial charge in [-0.2, -0.15) is 0 Å². The Morgan fingerprint density at radius 3 is 1.82 bits per heavy atom. The summed E-state index contributed by atoms with van der Waals surface area (Å²) < 4.78 is 0. The number of nitrogens with zero attached hydrogens (tertiary/aromatic N) is 3. The minimum Gasteiger partial charge on any atom is -0.309 e. The number of hydrogen-bond donors (Lipinski definition) is 0. The number of rotatable bonds is 12. The number of carbonyl (C=O) groups excluding carboxylic acids is 4.